The van der Waals surface area contributed by atoms with Crippen LogP contribution < -0.4 is 20.7 Å². The molecule has 3 aromatic rings. The molecule has 0 aromatic carbocycles. The van der Waals surface area contributed by atoms with Crippen molar-refractivity contribution >= 4 is 63.3 Å². The molecule has 0 radical (unpaired) electrons. The SMILES string of the molecule is CO/N=C(\C(=O)N[C@@H]1C(=O)N2C(C(=O)[O-])=C(C[n+]3ccn4cc(C(=O)O)ccc43)CS[C@H]12)c1csc(N)n1. The summed E-state index contributed by atoms with van der Waals surface area (Å²) in [6, 6.07) is 2.05. The maximum absolute atomic E-state index is 13.0. The van der Waals surface area contributed by atoms with Crippen molar-refractivity contribution in [2.24, 2.45) is 5.16 Å². The Morgan fingerprint density at radius 1 is 1.39 bits per heavy atom. The van der Waals surface area contributed by atoms with E-state index in [0.29, 0.717) is 11.2 Å². The highest BCUT2D eigenvalue weighted by Gasteiger charge is 2.53. The van der Waals surface area contributed by atoms with Gasteiger partial charge in [0.15, 0.2) is 10.8 Å². The van der Waals surface area contributed by atoms with Crippen molar-refractivity contribution in [2.45, 2.75) is 18.0 Å². The smallest absolute Gasteiger partial charge is 0.339 e. The van der Waals surface area contributed by atoms with Gasteiger partial charge in [-0.15, -0.1) is 23.1 Å². The van der Waals surface area contributed by atoms with Crippen LogP contribution in [0.5, 0.6) is 0 Å². The van der Waals surface area contributed by atoms with Crippen LogP contribution in [0, 0.1) is 0 Å². The minimum absolute atomic E-state index is 0.0992. The van der Waals surface area contributed by atoms with Crippen molar-refractivity contribution in [1.29, 1.82) is 0 Å². The monoisotopic (exact) mass is 557 g/mol. The molecule has 5 heterocycles. The molecule has 3 aromatic heterocycles. The molecular formula is C22H19N7O7S2. The molecule has 38 heavy (non-hydrogen) atoms. The number of aliphatic carboxylic acids is 1. The number of fused-ring (bicyclic) bond motifs is 2. The fraction of sp³-hybridized carbons (Fsp3) is 0.227. The van der Waals surface area contributed by atoms with Crippen molar-refractivity contribution < 1.29 is 38.8 Å². The highest BCUT2D eigenvalue weighted by molar-refractivity contribution is 8.00. The normalized spacial score (nSPS) is 19.2. The number of hydrogen-bond acceptors (Lipinski definition) is 11. The number of aromatic carboxylic acids is 1. The van der Waals surface area contributed by atoms with Gasteiger partial charge in [0.05, 0.1) is 17.2 Å². The molecule has 1 saturated heterocycles. The van der Waals surface area contributed by atoms with Gasteiger partial charge in [-0.3, -0.25) is 14.5 Å². The second kappa shape index (κ2) is 9.79. The van der Waals surface area contributed by atoms with Crippen molar-refractivity contribution in [1.82, 2.24) is 19.6 Å². The Bertz CT molecular complexity index is 1560. The van der Waals surface area contributed by atoms with Gasteiger partial charge in [-0.1, -0.05) is 5.16 Å². The number of carbonyl (C=O) groups excluding carboxylic acids is 3. The van der Waals surface area contributed by atoms with Crippen LogP contribution in [0.2, 0.25) is 0 Å². The van der Waals surface area contributed by atoms with Gasteiger partial charge >= 0.3 is 5.97 Å². The minimum atomic E-state index is -1.51. The van der Waals surface area contributed by atoms with Crippen molar-refractivity contribution in [2.75, 3.05) is 18.6 Å². The summed E-state index contributed by atoms with van der Waals surface area (Å²) in [5.41, 5.74) is 6.55. The molecule has 16 heteroatoms. The predicted molar refractivity (Wildman–Crippen MR) is 132 cm³/mol. The van der Waals surface area contributed by atoms with E-state index in [9.17, 15) is 29.4 Å². The maximum Gasteiger partial charge on any atom is 0.339 e. The summed E-state index contributed by atoms with van der Waals surface area (Å²) in [5, 5.41) is 28.7. The number of carboxylic acid groups (broad SMARTS) is 2. The van der Waals surface area contributed by atoms with Crippen LogP contribution in [-0.2, 0) is 25.8 Å². The van der Waals surface area contributed by atoms with E-state index < -0.39 is 35.2 Å². The van der Waals surface area contributed by atoms with E-state index in [1.165, 1.54) is 36.5 Å². The molecule has 1 fully saturated rings. The number of aromatic nitrogens is 3. The van der Waals surface area contributed by atoms with Crippen LogP contribution in [0.15, 0.2) is 52.5 Å². The molecule has 2 aliphatic heterocycles. The summed E-state index contributed by atoms with van der Waals surface area (Å²) >= 11 is 2.40. The van der Waals surface area contributed by atoms with Crippen LogP contribution in [0.3, 0.4) is 0 Å². The van der Waals surface area contributed by atoms with Crippen LogP contribution in [0.1, 0.15) is 16.1 Å². The number of amides is 2. The highest BCUT2D eigenvalue weighted by atomic mass is 32.2. The number of β-lactam (4-membered cyclic amide) rings is 1. The number of nitrogens with two attached hydrogens (primary N) is 1. The Morgan fingerprint density at radius 2 is 2.18 bits per heavy atom. The van der Waals surface area contributed by atoms with Gasteiger partial charge in [-0.2, -0.15) is 0 Å². The Balaban J connectivity index is 1.37. The number of nitrogens with one attached hydrogen (secondary N) is 1. The van der Waals surface area contributed by atoms with Crippen LogP contribution in [-0.4, -0.2) is 73.1 Å². The van der Waals surface area contributed by atoms with E-state index >= 15 is 0 Å². The second-order valence-electron chi connectivity index (χ2n) is 8.21. The molecule has 14 nitrogen and oxygen atoms in total. The summed E-state index contributed by atoms with van der Waals surface area (Å²) in [5.74, 6) is -3.67. The number of pyridine rings is 1. The standard InChI is InChI=1S/C22H19N7O7S2/c1-36-26-14(12-9-38-22(23)24-12)17(30)25-15-18(31)29-16(21(34)35)11(8-37-19(15)29)7-28-5-4-27-6-10(20(32)33)2-3-13(27)28/h2-6,9,15,19H,7-8H2,1H3,(H4-,23,24,25,30,32,33,34,35)/b26-14-/t15-,19-/m1/s1. The fourth-order valence-electron chi connectivity index (χ4n) is 4.26. The van der Waals surface area contributed by atoms with Gasteiger partial charge in [0.1, 0.15) is 49.4 Å². The van der Waals surface area contributed by atoms with Crippen LogP contribution in [0.4, 0.5) is 5.13 Å². The summed E-state index contributed by atoms with van der Waals surface area (Å²) < 4.78 is 3.35. The third-order valence-electron chi connectivity index (χ3n) is 5.95. The Hall–Kier alpha value is -4.44. The average Bonchev–Trinajstić information content (AvgIpc) is 3.50. The van der Waals surface area contributed by atoms with Gasteiger partial charge in [0, 0.05) is 22.8 Å². The topological polar surface area (TPSA) is 196 Å². The van der Waals surface area contributed by atoms with Gasteiger partial charge < -0.3 is 30.9 Å². The molecule has 0 unspecified atom stereocenters. The van der Waals surface area contributed by atoms with E-state index in [1.54, 1.807) is 27.4 Å². The lowest BCUT2D eigenvalue weighted by Crippen LogP contribution is -2.71. The summed E-state index contributed by atoms with van der Waals surface area (Å²) in [7, 11) is 1.26. The molecule has 2 aliphatic rings. The van der Waals surface area contributed by atoms with E-state index in [-0.39, 0.29) is 40.1 Å². The molecule has 0 spiro atoms. The zero-order chi connectivity index (χ0) is 27.1. The first-order chi connectivity index (χ1) is 18.2. The lowest BCUT2D eigenvalue weighted by molar-refractivity contribution is -0.662. The highest BCUT2D eigenvalue weighted by Crippen LogP contribution is 2.40. The van der Waals surface area contributed by atoms with Gasteiger partial charge in [0.2, 0.25) is 0 Å². The van der Waals surface area contributed by atoms with E-state index in [2.05, 4.69) is 15.5 Å². The Labute approximate surface area is 222 Å². The predicted octanol–water partition coefficient (Wildman–Crippen LogP) is -1.58. The Morgan fingerprint density at radius 3 is 2.84 bits per heavy atom. The van der Waals surface area contributed by atoms with Gasteiger partial charge in [0.25, 0.3) is 17.5 Å². The van der Waals surface area contributed by atoms with Crippen LogP contribution in [0.25, 0.3) is 5.65 Å². The summed E-state index contributed by atoms with van der Waals surface area (Å²) in [4.78, 5) is 59.2. The molecular weight excluding hydrogens is 538 g/mol. The molecule has 0 saturated carbocycles. The van der Waals surface area contributed by atoms with Crippen molar-refractivity contribution in [3.05, 3.63) is 58.6 Å². The number of carbonyl (C=O) groups is 4. The number of nitrogen functional groups attached to an aromatic ring is 1. The molecule has 4 N–H and O–H groups in total. The van der Waals surface area contributed by atoms with E-state index in [0.717, 1.165) is 16.2 Å². The average molecular weight is 558 g/mol. The lowest BCUT2D eigenvalue weighted by atomic mass is 10.0. The number of thioether (sulfide) groups is 1. The first kappa shape index (κ1) is 25.2. The number of hydrogen-bond donors (Lipinski definition) is 3. The zero-order valence-electron chi connectivity index (χ0n) is 19.6. The number of imidazole rings is 1. The van der Waals surface area contributed by atoms with Crippen molar-refractivity contribution in [3.8, 4) is 0 Å². The van der Waals surface area contributed by atoms with Gasteiger partial charge in [-0.25, -0.2) is 18.7 Å². The number of oxime groups is 1. The second-order valence-corrected chi connectivity index (χ2v) is 10.2. The maximum atomic E-state index is 13.0. The molecule has 5 rings (SSSR count). The number of rotatable bonds is 8. The molecule has 0 aliphatic carbocycles. The number of thiazole rings is 1. The van der Waals surface area contributed by atoms with E-state index in [4.69, 9.17) is 10.6 Å². The summed E-state index contributed by atoms with van der Waals surface area (Å²) in [6.07, 6.45) is 4.77. The van der Waals surface area contributed by atoms with E-state index in [1.807, 2.05) is 0 Å². The molecule has 2 amide bonds. The quantitative estimate of drug-likeness (QED) is 0.126. The minimum Gasteiger partial charge on any atom is -0.543 e. The first-order valence-electron chi connectivity index (χ1n) is 10.9. The first-order valence-corrected chi connectivity index (χ1v) is 12.9. The third kappa shape index (κ3) is 4.32. The molecule has 0 bridgehead atoms. The number of anilines is 1. The zero-order valence-corrected chi connectivity index (χ0v) is 21.2. The Kier molecular flexibility index (Phi) is 6.50. The molecule has 2 atom stereocenters. The number of carboxylic acids is 2. The third-order valence-corrected chi connectivity index (χ3v) is 7.97. The van der Waals surface area contributed by atoms with Crippen molar-refractivity contribution in [3.63, 3.8) is 0 Å². The fourth-order valence-corrected chi connectivity index (χ4v) is 6.15. The summed E-state index contributed by atoms with van der Waals surface area (Å²) in [6.45, 7) is 0.128. The largest absolute Gasteiger partial charge is 0.543 e. The van der Waals surface area contributed by atoms with Crippen LogP contribution >= 0.6 is 23.1 Å². The molecule has 196 valence electrons. The number of nitrogens with zero attached hydrogens (tertiary/aromatic N) is 5. The van der Waals surface area contributed by atoms with Gasteiger partial charge in [-0.05, 0) is 6.07 Å². The lowest BCUT2D eigenvalue weighted by Gasteiger charge is -2.50.